The zero-order chi connectivity index (χ0) is 12.3. The highest BCUT2D eigenvalue weighted by molar-refractivity contribution is 5.94. The number of carbonyl (C=O) groups is 1. The van der Waals surface area contributed by atoms with Crippen molar-refractivity contribution in [1.29, 1.82) is 0 Å². The molecule has 1 aromatic carbocycles. The van der Waals surface area contributed by atoms with E-state index in [0.717, 1.165) is 24.4 Å². The Morgan fingerprint density at radius 2 is 2.12 bits per heavy atom. The Morgan fingerprint density at radius 1 is 1.35 bits per heavy atom. The van der Waals surface area contributed by atoms with E-state index >= 15 is 0 Å². The molecule has 3 heteroatoms. The summed E-state index contributed by atoms with van der Waals surface area (Å²) >= 11 is 0. The van der Waals surface area contributed by atoms with Crippen molar-refractivity contribution in [2.24, 2.45) is 5.92 Å². The summed E-state index contributed by atoms with van der Waals surface area (Å²) in [4.78, 5) is 11.1. The molecule has 0 spiro atoms. The van der Waals surface area contributed by atoms with E-state index < -0.39 is 5.97 Å². The van der Waals surface area contributed by atoms with Gasteiger partial charge in [0.25, 0.3) is 0 Å². The van der Waals surface area contributed by atoms with Crippen LogP contribution in [-0.2, 0) is 0 Å². The van der Waals surface area contributed by atoms with Gasteiger partial charge in [0.1, 0.15) is 0 Å². The van der Waals surface area contributed by atoms with Crippen molar-refractivity contribution < 1.29 is 9.90 Å². The molecule has 0 aliphatic heterocycles. The lowest BCUT2D eigenvalue weighted by Crippen LogP contribution is -2.27. The second kappa shape index (κ2) is 5.21. The fourth-order valence-electron chi connectivity index (χ4n) is 2.58. The lowest BCUT2D eigenvalue weighted by molar-refractivity contribution is 0.0698. The summed E-state index contributed by atoms with van der Waals surface area (Å²) in [5.41, 5.74) is 1.12. The van der Waals surface area contributed by atoms with Crippen molar-refractivity contribution in [1.82, 2.24) is 0 Å². The largest absolute Gasteiger partial charge is 0.478 e. The quantitative estimate of drug-likeness (QED) is 0.841. The van der Waals surface area contributed by atoms with Crippen molar-refractivity contribution in [2.45, 2.75) is 38.6 Å². The number of rotatable bonds is 3. The number of hydrogen-bond donors (Lipinski definition) is 2. The van der Waals surface area contributed by atoms with E-state index in [1.807, 2.05) is 12.1 Å². The minimum Gasteiger partial charge on any atom is -0.478 e. The van der Waals surface area contributed by atoms with Gasteiger partial charge in [0, 0.05) is 11.7 Å². The van der Waals surface area contributed by atoms with Crippen LogP contribution in [0, 0.1) is 5.92 Å². The molecule has 1 aliphatic carbocycles. The Bertz CT molecular complexity index is 403. The average molecular weight is 233 g/mol. The van der Waals surface area contributed by atoms with Crippen LogP contribution < -0.4 is 5.32 Å². The minimum atomic E-state index is -0.864. The molecule has 0 unspecified atom stereocenters. The van der Waals surface area contributed by atoms with E-state index in [4.69, 9.17) is 5.11 Å². The highest BCUT2D eigenvalue weighted by Gasteiger charge is 2.20. The molecule has 0 heterocycles. The summed E-state index contributed by atoms with van der Waals surface area (Å²) in [5.74, 6) is -0.129. The number of benzene rings is 1. The maximum Gasteiger partial charge on any atom is 0.337 e. The van der Waals surface area contributed by atoms with Gasteiger partial charge >= 0.3 is 5.97 Å². The SMILES string of the molecule is C[C@H]1CCC[C@H](Nc2ccccc2C(=O)O)C1. The molecule has 2 atom stereocenters. The van der Waals surface area contributed by atoms with Crippen LogP contribution in [0.4, 0.5) is 5.69 Å². The topological polar surface area (TPSA) is 49.3 Å². The maximum atomic E-state index is 11.1. The Labute approximate surface area is 102 Å². The van der Waals surface area contributed by atoms with Gasteiger partial charge in [-0.25, -0.2) is 4.79 Å². The van der Waals surface area contributed by atoms with Gasteiger partial charge < -0.3 is 10.4 Å². The fraction of sp³-hybridized carbons (Fsp3) is 0.500. The molecular formula is C14H19NO2. The predicted molar refractivity (Wildman–Crippen MR) is 68.4 cm³/mol. The van der Waals surface area contributed by atoms with Gasteiger partial charge in [0.05, 0.1) is 5.56 Å². The number of carboxylic acid groups (broad SMARTS) is 1. The summed E-state index contributed by atoms with van der Waals surface area (Å²) in [6.45, 7) is 2.26. The molecule has 0 bridgehead atoms. The molecule has 0 saturated heterocycles. The number of aromatic carboxylic acids is 1. The van der Waals surface area contributed by atoms with E-state index in [1.54, 1.807) is 12.1 Å². The highest BCUT2D eigenvalue weighted by Crippen LogP contribution is 2.27. The smallest absolute Gasteiger partial charge is 0.337 e. The second-order valence-electron chi connectivity index (χ2n) is 4.96. The van der Waals surface area contributed by atoms with Crippen LogP contribution in [0.2, 0.25) is 0 Å². The molecule has 0 radical (unpaired) electrons. The fourth-order valence-corrected chi connectivity index (χ4v) is 2.58. The van der Waals surface area contributed by atoms with E-state index in [9.17, 15) is 4.79 Å². The molecule has 0 amide bonds. The molecule has 0 aromatic heterocycles. The first-order chi connectivity index (χ1) is 8.16. The van der Waals surface area contributed by atoms with Crippen LogP contribution in [0.15, 0.2) is 24.3 Å². The molecular weight excluding hydrogens is 214 g/mol. The lowest BCUT2D eigenvalue weighted by Gasteiger charge is -2.28. The van der Waals surface area contributed by atoms with Crippen LogP contribution in [0.3, 0.4) is 0 Å². The highest BCUT2D eigenvalue weighted by atomic mass is 16.4. The van der Waals surface area contributed by atoms with Gasteiger partial charge in [-0.1, -0.05) is 31.9 Å². The van der Waals surface area contributed by atoms with Gasteiger partial charge in [-0.2, -0.15) is 0 Å². The number of anilines is 1. The van der Waals surface area contributed by atoms with Crippen molar-refractivity contribution >= 4 is 11.7 Å². The Hall–Kier alpha value is -1.51. The number of nitrogens with one attached hydrogen (secondary N) is 1. The van der Waals surface area contributed by atoms with Crippen molar-refractivity contribution in [3.05, 3.63) is 29.8 Å². The zero-order valence-electron chi connectivity index (χ0n) is 10.1. The van der Waals surface area contributed by atoms with E-state index in [0.29, 0.717) is 11.6 Å². The van der Waals surface area contributed by atoms with Crippen LogP contribution >= 0.6 is 0 Å². The Kier molecular flexibility index (Phi) is 3.67. The van der Waals surface area contributed by atoms with Gasteiger partial charge in [0.15, 0.2) is 0 Å². The lowest BCUT2D eigenvalue weighted by atomic mass is 9.87. The first-order valence-electron chi connectivity index (χ1n) is 6.25. The van der Waals surface area contributed by atoms with Crippen LogP contribution in [0.1, 0.15) is 43.0 Å². The third-order valence-electron chi connectivity index (χ3n) is 3.45. The minimum absolute atomic E-state index is 0.366. The van der Waals surface area contributed by atoms with Crippen LogP contribution in [-0.4, -0.2) is 17.1 Å². The average Bonchev–Trinajstić information content (AvgIpc) is 2.29. The number of hydrogen-bond acceptors (Lipinski definition) is 2. The summed E-state index contributed by atoms with van der Waals surface area (Å²) < 4.78 is 0. The summed E-state index contributed by atoms with van der Waals surface area (Å²) in [5, 5.41) is 12.5. The molecule has 1 fully saturated rings. The van der Waals surface area contributed by atoms with Crippen LogP contribution in [0.25, 0.3) is 0 Å². The first-order valence-corrected chi connectivity index (χ1v) is 6.25. The van der Waals surface area contributed by atoms with Crippen molar-refractivity contribution in [3.63, 3.8) is 0 Å². The summed E-state index contributed by atoms with van der Waals surface area (Å²) in [6.07, 6.45) is 4.79. The van der Waals surface area contributed by atoms with Crippen molar-refractivity contribution in [2.75, 3.05) is 5.32 Å². The van der Waals surface area contributed by atoms with E-state index in [1.165, 1.54) is 12.8 Å². The third-order valence-corrected chi connectivity index (χ3v) is 3.45. The number of para-hydroxylation sites is 1. The second-order valence-corrected chi connectivity index (χ2v) is 4.96. The van der Waals surface area contributed by atoms with Crippen molar-refractivity contribution in [3.8, 4) is 0 Å². The van der Waals surface area contributed by atoms with Gasteiger partial charge in [-0.15, -0.1) is 0 Å². The monoisotopic (exact) mass is 233 g/mol. The summed E-state index contributed by atoms with van der Waals surface area (Å²) in [6, 6.07) is 7.55. The zero-order valence-corrected chi connectivity index (χ0v) is 10.1. The molecule has 1 aromatic rings. The van der Waals surface area contributed by atoms with Gasteiger partial charge in [-0.05, 0) is 30.9 Å². The summed E-state index contributed by atoms with van der Waals surface area (Å²) in [7, 11) is 0. The molecule has 2 rings (SSSR count). The third kappa shape index (κ3) is 2.99. The normalized spacial score (nSPS) is 24.3. The molecule has 1 saturated carbocycles. The molecule has 2 N–H and O–H groups in total. The molecule has 17 heavy (non-hydrogen) atoms. The molecule has 3 nitrogen and oxygen atoms in total. The standard InChI is InChI=1S/C14H19NO2/c1-10-5-4-6-11(9-10)15-13-8-3-2-7-12(13)14(16)17/h2-3,7-8,10-11,15H,4-6,9H2,1H3,(H,16,17)/t10-,11-/m0/s1. The first kappa shape index (κ1) is 12.0. The Morgan fingerprint density at radius 3 is 2.82 bits per heavy atom. The van der Waals surface area contributed by atoms with E-state index in [-0.39, 0.29) is 0 Å². The molecule has 1 aliphatic rings. The van der Waals surface area contributed by atoms with Gasteiger partial charge in [0.2, 0.25) is 0 Å². The maximum absolute atomic E-state index is 11.1. The number of carboxylic acids is 1. The predicted octanol–water partition coefficient (Wildman–Crippen LogP) is 3.38. The Balaban J connectivity index is 2.10. The van der Waals surface area contributed by atoms with Gasteiger partial charge in [-0.3, -0.25) is 0 Å². The molecule has 92 valence electrons. The van der Waals surface area contributed by atoms with E-state index in [2.05, 4.69) is 12.2 Å². The van der Waals surface area contributed by atoms with Crippen LogP contribution in [0.5, 0.6) is 0 Å².